The Morgan fingerprint density at radius 1 is 1.07 bits per heavy atom. The van der Waals surface area contributed by atoms with Gasteiger partial charge in [0.15, 0.2) is 6.10 Å². The molecule has 1 saturated heterocycles. The second kappa shape index (κ2) is 8.57. The average Bonchev–Trinajstić information content (AvgIpc) is 3.24. The lowest BCUT2D eigenvalue weighted by Gasteiger charge is -2.36. The van der Waals surface area contributed by atoms with Crippen LogP contribution in [0.4, 0.5) is 5.95 Å². The van der Waals surface area contributed by atoms with Crippen molar-refractivity contribution in [2.75, 3.05) is 31.1 Å². The zero-order valence-electron chi connectivity index (χ0n) is 16.2. The molecule has 0 unspecified atom stereocenters. The first kappa shape index (κ1) is 19.3. The summed E-state index contributed by atoms with van der Waals surface area (Å²) in [5.41, 5.74) is 0.966. The Hall–Kier alpha value is -2.99. The molecule has 1 aromatic heterocycles. The van der Waals surface area contributed by atoms with Crippen molar-refractivity contribution < 1.29 is 9.53 Å². The summed E-state index contributed by atoms with van der Waals surface area (Å²) < 4.78 is 7.80. The smallest absolute Gasteiger partial charge is 0.263 e. The monoisotopic (exact) mass is 410 g/mol. The van der Waals surface area contributed by atoms with Gasteiger partial charge < -0.3 is 14.5 Å². The van der Waals surface area contributed by atoms with Gasteiger partial charge >= 0.3 is 0 Å². The van der Waals surface area contributed by atoms with E-state index in [9.17, 15) is 4.79 Å². The fourth-order valence-corrected chi connectivity index (χ4v) is 3.68. The number of anilines is 1. The summed E-state index contributed by atoms with van der Waals surface area (Å²) in [6.45, 7) is 4.48. The first-order chi connectivity index (χ1) is 14.1. The minimum atomic E-state index is -0.516. The molecule has 1 aliphatic rings. The second-order valence-corrected chi connectivity index (χ2v) is 7.40. The molecule has 2 heterocycles. The third-order valence-electron chi connectivity index (χ3n) is 4.99. The summed E-state index contributed by atoms with van der Waals surface area (Å²) in [6.07, 6.45) is 3.19. The molecular formula is C22H23ClN4O2. The average molecular weight is 411 g/mol. The number of carbonyl (C=O) groups is 1. The van der Waals surface area contributed by atoms with Crippen molar-refractivity contribution in [3.63, 3.8) is 0 Å². The number of rotatable bonds is 5. The van der Waals surface area contributed by atoms with Crippen molar-refractivity contribution in [2.45, 2.75) is 13.0 Å². The maximum absolute atomic E-state index is 12.8. The first-order valence-corrected chi connectivity index (χ1v) is 10.0. The van der Waals surface area contributed by atoms with E-state index < -0.39 is 6.10 Å². The number of imidazole rings is 1. The van der Waals surface area contributed by atoms with Gasteiger partial charge in [-0.15, -0.1) is 0 Å². The number of ether oxygens (including phenoxy) is 1. The summed E-state index contributed by atoms with van der Waals surface area (Å²) >= 11 is 6.14. The molecule has 0 bridgehead atoms. The Morgan fingerprint density at radius 3 is 2.55 bits per heavy atom. The van der Waals surface area contributed by atoms with E-state index in [4.69, 9.17) is 16.3 Å². The van der Waals surface area contributed by atoms with Crippen LogP contribution in [-0.4, -0.2) is 52.6 Å². The number of carbonyl (C=O) groups excluding carboxylic acids is 1. The number of hydrogen-bond acceptors (Lipinski definition) is 4. The van der Waals surface area contributed by atoms with Crippen LogP contribution in [-0.2, 0) is 4.79 Å². The fourth-order valence-electron chi connectivity index (χ4n) is 3.49. The highest BCUT2D eigenvalue weighted by Gasteiger charge is 2.27. The molecule has 7 heteroatoms. The van der Waals surface area contributed by atoms with Crippen LogP contribution in [0, 0.1) is 0 Å². The standard InChI is InChI=1S/C22H23ClN4O2/c1-17(29-20-8-3-2-4-9-20)21(28)25-12-14-26(15-13-25)22-24-10-11-27(22)19-7-5-6-18(23)16-19/h2-11,16-17H,12-15H2,1H3/t17-/m0/s1. The number of nitrogens with zero attached hydrogens (tertiary/aromatic N) is 4. The molecule has 0 N–H and O–H groups in total. The lowest BCUT2D eigenvalue weighted by Crippen LogP contribution is -2.52. The minimum Gasteiger partial charge on any atom is -0.481 e. The van der Waals surface area contributed by atoms with Gasteiger partial charge in [0.25, 0.3) is 5.91 Å². The zero-order valence-corrected chi connectivity index (χ0v) is 17.0. The van der Waals surface area contributed by atoms with E-state index in [0.717, 1.165) is 11.6 Å². The van der Waals surface area contributed by atoms with Gasteiger partial charge in [0, 0.05) is 49.3 Å². The lowest BCUT2D eigenvalue weighted by molar-refractivity contribution is -0.138. The maximum Gasteiger partial charge on any atom is 0.263 e. The number of para-hydroxylation sites is 1. The highest BCUT2D eigenvalue weighted by Crippen LogP contribution is 2.22. The van der Waals surface area contributed by atoms with E-state index in [2.05, 4.69) is 9.88 Å². The van der Waals surface area contributed by atoms with E-state index in [1.54, 1.807) is 13.1 Å². The molecule has 0 saturated carbocycles. The van der Waals surface area contributed by atoms with Gasteiger partial charge in [0.05, 0.1) is 0 Å². The minimum absolute atomic E-state index is 0.00619. The second-order valence-electron chi connectivity index (χ2n) is 6.96. The van der Waals surface area contributed by atoms with Crippen molar-refractivity contribution in [1.29, 1.82) is 0 Å². The normalized spacial score (nSPS) is 15.2. The number of aromatic nitrogens is 2. The summed E-state index contributed by atoms with van der Waals surface area (Å²) in [5.74, 6) is 1.56. The maximum atomic E-state index is 12.8. The van der Waals surface area contributed by atoms with Crippen LogP contribution in [0.5, 0.6) is 5.75 Å². The fraction of sp³-hybridized carbons (Fsp3) is 0.273. The predicted octanol–water partition coefficient (Wildman–Crippen LogP) is 3.64. The number of piperazine rings is 1. The van der Waals surface area contributed by atoms with E-state index in [1.165, 1.54) is 0 Å². The van der Waals surface area contributed by atoms with Crippen LogP contribution in [0.1, 0.15) is 6.92 Å². The molecular weight excluding hydrogens is 388 g/mol. The van der Waals surface area contributed by atoms with Gasteiger partial charge in [0.2, 0.25) is 5.95 Å². The van der Waals surface area contributed by atoms with Crippen molar-refractivity contribution in [1.82, 2.24) is 14.5 Å². The largest absolute Gasteiger partial charge is 0.481 e. The predicted molar refractivity (Wildman–Crippen MR) is 114 cm³/mol. The van der Waals surface area contributed by atoms with Gasteiger partial charge in [-0.25, -0.2) is 4.98 Å². The molecule has 1 amide bonds. The molecule has 1 fully saturated rings. The molecule has 0 radical (unpaired) electrons. The van der Waals surface area contributed by atoms with E-state index in [-0.39, 0.29) is 5.91 Å². The molecule has 1 aliphatic heterocycles. The summed E-state index contributed by atoms with van der Waals surface area (Å²) in [5, 5.41) is 0.685. The number of halogens is 1. The Kier molecular flexibility index (Phi) is 5.71. The highest BCUT2D eigenvalue weighted by molar-refractivity contribution is 6.30. The first-order valence-electron chi connectivity index (χ1n) is 9.66. The lowest BCUT2D eigenvalue weighted by atomic mass is 10.2. The molecule has 0 aliphatic carbocycles. The summed E-state index contributed by atoms with van der Waals surface area (Å²) in [4.78, 5) is 21.3. The van der Waals surface area contributed by atoms with Gasteiger partial charge in [0.1, 0.15) is 5.75 Å². The Labute approximate surface area is 175 Å². The van der Waals surface area contributed by atoms with Gasteiger partial charge in [-0.2, -0.15) is 0 Å². The molecule has 0 spiro atoms. The highest BCUT2D eigenvalue weighted by atomic mass is 35.5. The quantitative estimate of drug-likeness (QED) is 0.644. The van der Waals surface area contributed by atoms with Crippen LogP contribution in [0.25, 0.3) is 5.69 Å². The van der Waals surface area contributed by atoms with E-state index in [1.807, 2.05) is 70.3 Å². The number of amides is 1. The molecule has 1 atom stereocenters. The van der Waals surface area contributed by atoms with Crippen LogP contribution in [0.15, 0.2) is 67.0 Å². The van der Waals surface area contributed by atoms with Gasteiger partial charge in [-0.1, -0.05) is 35.9 Å². The van der Waals surface area contributed by atoms with Crippen LogP contribution in [0.3, 0.4) is 0 Å². The topological polar surface area (TPSA) is 50.6 Å². The van der Waals surface area contributed by atoms with Crippen LogP contribution in [0.2, 0.25) is 5.02 Å². The van der Waals surface area contributed by atoms with Crippen LogP contribution < -0.4 is 9.64 Å². The van der Waals surface area contributed by atoms with E-state index in [0.29, 0.717) is 37.0 Å². The summed E-state index contributed by atoms with van der Waals surface area (Å²) in [7, 11) is 0. The van der Waals surface area contributed by atoms with Gasteiger partial charge in [-0.05, 0) is 37.3 Å². The van der Waals surface area contributed by atoms with Crippen molar-refractivity contribution in [3.05, 3.63) is 72.0 Å². The van der Waals surface area contributed by atoms with Crippen molar-refractivity contribution in [2.24, 2.45) is 0 Å². The molecule has 3 aromatic rings. The summed E-state index contributed by atoms with van der Waals surface area (Å²) in [6, 6.07) is 17.1. The molecule has 2 aromatic carbocycles. The number of benzene rings is 2. The third kappa shape index (κ3) is 4.38. The zero-order chi connectivity index (χ0) is 20.2. The Bertz CT molecular complexity index is 968. The SMILES string of the molecule is C[C@H](Oc1ccccc1)C(=O)N1CCN(c2nccn2-c2cccc(Cl)c2)CC1. The van der Waals surface area contributed by atoms with Crippen molar-refractivity contribution >= 4 is 23.5 Å². The molecule has 29 heavy (non-hydrogen) atoms. The Balaban J connectivity index is 1.39. The van der Waals surface area contributed by atoms with E-state index >= 15 is 0 Å². The molecule has 6 nitrogen and oxygen atoms in total. The van der Waals surface area contributed by atoms with Gasteiger partial charge in [-0.3, -0.25) is 9.36 Å². The van der Waals surface area contributed by atoms with Crippen LogP contribution >= 0.6 is 11.6 Å². The van der Waals surface area contributed by atoms with Crippen molar-refractivity contribution in [3.8, 4) is 11.4 Å². The third-order valence-corrected chi connectivity index (χ3v) is 5.22. The molecule has 4 rings (SSSR count). The number of hydrogen-bond donors (Lipinski definition) is 0. The Morgan fingerprint density at radius 2 is 1.83 bits per heavy atom. The molecule has 150 valence electrons.